The summed E-state index contributed by atoms with van der Waals surface area (Å²) in [5.41, 5.74) is 3.76. The van der Waals surface area contributed by atoms with Gasteiger partial charge in [0.15, 0.2) is 23.0 Å². The Kier molecular flexibility index (Phi) is 11.2. The van der Waals surface area contributed by atoms with E-state index < -0.39 is 12.1 Å². The maximum atomic E-state index is 13.8. The first-order valence-electron chi connectivity index (χ1n) is 15.5. The lowest BCUT2D eigenvalue weighted by Gasteiger charge is -2.26. The van der Waals surface area contributed by atoms with Gasteiger partial charge >= 0.3 is 0 Å². The van der Waals surface area contributed by atoms with Gasteiger partial charge in [-0.25, -0.2) is 0 Å². The Morgan fingerprint density at radius 3 is 2.09 bits per heavy atom. The van der Waals surface area contributed by atoms with Crippen molar-refractivity contribution in [2.45, 2.75) is 58.7 Å². The molecule has 0 heterocycles. The number of hydrogen-bond donors (Lipinski definition) is 3. The van der Waals surface area contributed by atoms with E-state index in [0.717, 1.165) is 16.7 Å². The molecule has 4 rings (SSSR count). The molecule has 11 nitrogen and oxygen atoms in total. The molecule has 0 aromatic heterocycles. The van der Waals surface area contributed by atoms with Crippen molar-refractivity contribution in [1.29, 1.82) is 0 Å². The number of fused-ring (bicyclic) bond motifs is 3. The van der Waals surface area contributed by atoms with Crippen LogP contribution in [-0.2, 0) is 16.0 Å². The van der Waals surface area contributed by atoms with E-state index in [0.29, 0.717) is 52.7 Å². The molecule has 47 heavy (non-hydrogen) atoms. The van der Waals surface area contributed by atoms with Gasteiger partial charge in [-0.2, -0.15) is 0 Å². The van der Waals surface area contributed by atoms with Crippen molar-refractivity contribution in [3.05, 3.63) is 69.4 Å². The van der Waals surface area contributed by atoms with Gasteiger partial charge in [0.05, 0.1) is 53.3 Å². The fourth-order valence-corrected chi connectivity index (χ4v) is 6.09. The quantitative estimate of drug-likeness (QED) is 0.243. The van der Waals surface area contributed by atoms with E-state index >= 15 is 0 Å². The average Bonchev–Trinajstić information content (AvgIpc) is 3.30. The van der Waals surface area contributed by atoms with Crippen LogP contribution in [0, 0.1) is 5.92 Å². The molecule has 0 bridgehead atoms. The molecule has 0 spiro atoms. The third-order valence-corrected chi connectivity index (χ3v) is 8.41. The zero-order chi connectivity index (χ0) is 34.4. The van der Waals surface area contributed by atoms with Crippen LogP contribution in [0.25, 0.3) is 11.1 Å². The van der Waals surface area contributed by atoms with Crippen LogP contribution in [0.3, 0.4) is 0 Å². The highest BCUT2D eigenvalue weighted by Gasteiger charge is 2.30. The summed E-state index contributed by atoms with van der Waals surface area (Å²) in [7, 11) is 7.78. The highest BCUT2D eigenvalue weighted by Crippen LogP contribution is 2.50. The number of rotatable bonds is 12. The van der Waals surface area contributed by atoms with Crippen LogP contribution in [0.15, 0.2) is 47.3 Å². The van der Waals surface area contributed by atoms with Crippen molar-refractivity contribution in [1.82, 2.24) is 10.6 Å². The Morgan fingerprint density at radius 2 is 1.49 bits per heavy atom. The largest absolute Gasteiger partial charge is 0.493 e. The average molecular weight is 648 g/mol. The molecule has 3 atom stereocenters. The molecule has 0 fully saturated rings. The first-order chi connectivity index (χ1) is 22.5. The molecule has 3 aromatic carbocycles. The predicted octanol–water partition coefficient (Wildman–Crippen LogP) is 5.19. The van der Waals surface area contributed by atoms with Crippen molar-refractivity contribution < 1.29 is 33.3 Å². The molecular formula is C36H45N3O8. The molecule has 0 saturated carbocycles. The Labute approximate surface area is 275 Å². The van der Waals surface area contributed by atoms with Gasteiger partial charge in [-0.1, -0.05) is 26.0 Å². The number of carbonyl (C=O) groups excluding carboxylic acids is 2. The van der Waals surface area contributed by atoms with Gasteiger partial charge in [0.2, 0.25) is 23.0 Å². The van der Waals surface area contributed by atoms with E-state index in [2.05, 4.69) is 16.0 Å². The highest BCUT2D eigenvalue weighted by molar-refractivity contribution is 5.86. The second kappa shape index (κ2) is 15.1. The summed E-state index contributed by atoms with van der Waals surface area (Å²) in [5, 5.41) is 9.25. The van der Waals surface area contributed by atoms with E-state index in [1.807, 2.05) is 44.2 Å². The third kappa shape index (κ3) is 7.40. The van der Waals surface area contributed by atoms with Gasteiger partial charge < -0.3 is 39.6 Å². The van der Waals surface area contributed by atoms with E-state index in [-0.39, 0.29) is 34.9 Å². The minimum absolute atomic E-state index is 0.0564. The minimum atomic E-state index is -0.761. The number of methoxy groups -OCH3 is 5. The fourth-order valence-electron chi connectivity index (χ4n) is 6.09. The van der Waals surface area contributed by atoms with Crippen LogP contribution in [0.4, 0.5) is 5.69 Å². The molecule has 252 valence electrons. The maximum Gasteiger partial charge on any atom is 0.242 e. The fraction of sp³-hybridized carbons (Fsp3) is 0.417. The lowest BCUT2D eigenvalue weighted by atomic mass is 9.95. The van der Waals surface area contributed by atoms with Crippen molar-refractivity contribution in [2.24, 2.45) is 5.92 Å². The molecule has 11 heteroatoms. The van der Waals surface area contributed by atoms with Crippen LogP contribution >= 0.6 is 0 Å². The molecule has 0 aliphatic heterocycles. The Balaban J connectivity index is 1.73. The summed E-state index contributed by atoms with van der Waals surface area (Å²) in [6.07, 6.45) is 1.12. The van der Waals surface area contributed by atoms with Crippen molar-refractivity contribution >= 4 is 17.5 Å². The van der Waals surface area contributed by atoms with Gasteiger partial charge in [0, 0.05) is 12.5 Å². The van der Waals surface area contributed by atoms with E-state index in [4.69, 9.17) is 23.7 Å². The zero-order valence-corrected chi connectivity index (χ0v) is 28.5. The summed E-state index contributed by atoms with van der Waals surface area (Å²) in [6.45, 7) is 7.18. The smallest absolute Gasteiger partial charge is 0.242 e. The van der Waals surface area contributed by atoms with Gasteiger partial charge in [-0.15, -0.1) is 0 Å². The van der Waals surface area contributed by atoms with Crippen molar-refractivity contribution in [2.75, 3.05) is 40.9 Å². The number of benzene rings is 2. The number of amides is 2. The van der Waals surface area contributed by atoms with Gasteiger partial charge in [-0.3, -0.25) is 14.4 Å². The maximum absolute atomic E-state index is 13.8. The summed E-state index contributed by atoms with van der Waals surface area (Å²) in [5.74, 6) is 2.11. The van der Waals surface area contributed by atoms with Gasteiger partial charge in [0.25, 0.3) is 0 Å². The molecule has 0 radical (unpaired) electrons. The topological polar surface area (TPSA) is 133 Å². The molecule has 3 aromatic rings. The Morgan fingerprint density at radius 1 is 0.809 bits per heavy atom. The number of nitrogens with one attached hydrogen (secondary N) is 3. The van der Waals surface area contributed by atoms with Crippen LogP contribution in [0.2, 0.25) is 0 Å². The molecular weight excluding hydrogens is 602 g/mol. The SMILES string of the molecule is COc1ccc(C(NC(=O)C(C)Nc2ccc3c(cc2=O)C(NC(C)=O)CCc2cc(OC)c(OC)c(OC)c2-3)C(C)C)cc1OC. The molecule has 3 unspecified atom stereocenters. The van der Waals surface area contributed by atoms with Gasteiger partial charge in [-0.05, 0) is 78.3 Å². The third-order valence-electron chi connectivity index (χ3n) is 8.41. The lowest BCUT2D eigenvalue weighted by Crippen LogP contribution is -2.41. The van der Waals surface area contributed by atoms with Crippen molar-refractivity contribution in [3.8, 4) is 39.9 Å². The monoisotopic (exact) mass is 647 g/mol. The first-order valence-corrected chi connectivity index (χ1v) is 15.5. The number of carbonyl (C=O) groups is 2. The van der Waals surface area contributed by atoms with Crippen molar-refractivity contribution in [3.63, 3.8) is 0 Å². The van der Waals surface area contributed by atoms with E-state index in [1.165, 1.54) is 20.1 Å². The highest BCUT2D eigenvalue weighted by atomic mass is 16.5. The lowest BCUT2D eigenvalue weighted by molar-refractivity contribution is -0.122. The number of anilines is 1. The summed E-state index contributed by atoms with van der Waals surface area (Å²) < 4.78 is 28.0. The van der Waals surface area contributed by atoms with Crippen LogP contribution < -0.4 is 45.1 Å². The predicted molar refractivity (Wildman–Crippen MR) is 181 cm³/mol. The second-order valence-electron chi connectivity index (χ2n) is 11.8. The van der Waals surface area contributed by atoms with E-state index in [1.54, 1.807) is 41.4 Å². The molecule has 3 N–H and O–H groups in total. The minimum Gasteiger partial charge on any atom is -0.493 e. The molecule has 1 aliphatic rings. The molecule has 1 aliphatic carbocycles. The summed E-state index contributed by atoms with van der Waals surface area (Å²) in [4.78, 5) is 39.6. The Hall–Kier alpha value is -4.93. The van der Waals surface area contributed by atoms with Crippen LogP contribution in [0.1, 0.15) is 62.9 Å². The van der Waals surface area contributed by atoms with E-state index in [9.17, 15) is 14.4 Å². The Bertz CT molecular complexity index is 1690. The first kappa shape index (κ1) is 34.9. The summed E-state index contributed by atoms with van der Waals surface area (Å²) in [6, 6.07) is 10.9. The van der Waals surface area contributed by atoms with Crippen LogP contribution in [-0.4, -0.2) is 53.4 Å². The second-order valence-corrected chi connectivity index (χ2v) is 11.8. The van der Waals surface area contributed by atoms with Gasteiger partial charge in [0.1, 0.15) is 6.04 Å². The standard InChI is InChI=1S/C36H45N3O8/c1-19(2)33(23-11-15-29(43-5)30(17-23)44-6)39-36(42)20(3)37-27-14-12-24-25(18-28(27)41)26(38-21(4)40)13-10-22-16-31(45-7)34(46-8)35(47-9)32(22)24/h11-12,14-20,26,33H,10,13H2,1-9H3,(H,37,41)(H,38,40)(H,39,42). The van der Waals surface area contributed by atoms with Crippen LogP contribution in [0.5, 0.6) is 28.7 Å². The molecule has 0 saturated heterocycles. The normalized spacial score (nSPS) is 14.8. The summed E-state index contributed by atoms with van der Waals surface area (Å²) >= 11 is 0. The number of ether oxygens (including phenoxy) is 5. The number of aryl methyl sites for hydroxylation is 1. The zero-order valence-electron chi connectivity index (χ0n) is 28.5. The number of hydrogen-bond acceptors (Lipinski definition) is 9. The molecule has 2 amide bonds.